The summed E-state index contributed by atoms with van der Waals surface area (Å²) in [4.78, 5) is 23.6. The summed E-state index contributed by atoms with van der Waals surface area (Å²) in [6.45, 7) is 1.38. The number of carbonyl (C=O) groups excluding carboxylic acids is 1. The molecule has 0 fully saturated rings. The molecule has 0 saturated heterocycles. The van der Waals surface area contributed by atoms with Crippen LogP contribution >= 0.6 is 0 Å². The van der Waals surface area contributed by atoms with Crippen LogP contribution in [0.1, 0.15) is 15.9 Å². The van der Waals surface area contributed by atoms with Crippen molar-refractivity contribution in [3.05, 3.63) is 88.0 Å². The van der Waals surface area contributed by atoms with Gasteiger partial charge in [0.25, 0.3) is 11.6 Å². The average Bonchev–Trinajstić information content (AvgIpc) is 2.78. The fourth-order valence-corrected chi connectivity index (χ4v) is 3.10. The summed E-state index contributed by atoms with van der Waals surface area (Å²) < 4.78 is 11.0. The lowest BCUT2D eigenvalue weighted by molar-refractivity contribution is -0.384. The van der Waals surface area contributed by atoms with Gasteiger partial charge >= 0.3 is 0 Å². The SMILES string of the molecule is O=C(Nc1ccc2c(c1)OCCO2)c1cc([N+](=O)[O-])ccc1NCc1ccccc1. The summed E-state index contributed by atoms with van der Waals surface area (Å²) in [5.41, 5.74) is 2.04. The Balaban J connectivity index is 1.58. The molecule has 0 spiro atoms. The van der Waals surface area contributed by atoms with E-state index >= 15 is 0 Å². The van der Waals surface area contributed by atoms with Gasteiger partial charge in [0, 0.05) is 36.1 Å². The summed E-state index contributed by atoms with van der Waals surface area (Å²) in [6.07, 6.45) is 0. The van der Waals surface area contributed by atoms with Crippen molar-refractivity contribution in [1.29, 1.82) is 0 Å². The van der Waals surface area contributed by atoms with Gasteiger partial charge in [0.15, 0.2) is 11.5 Å². The maximum absolute atomic E-state index is 12.9. The molecule has 0 aliphatic carbocycles. The topological polar surface area (TPSA) is 103 Å². The van der Waals surface area contributed by atoms with Gasteiger partial charge in [-0.05, 0) is 23.8 Å². The lowest BCUT2D eigenvalue weighted by Crippen LogP contribution is -2.17. The van der Waals surface area contributed by atoms with E-state index < -0.39 is 10.8 Å². The Labute approximate surface area is 172 Å². The van der Waals surface area contributed by atoms with Gasteiger partial charge in [-0.15, -0.1) is 0 Å². The van der Waals surface area contributed by atoms with Gasteiger partial charge in [-0.1, -0.05) is 30.3 Å². The number of hydrogen-bond acceptors (Lipinski definition) is 6. The van der Waals surface area contributed by atoms with E-state index in [-0.39, 0.29) is 11.3 Å². The monoisotopic (exact) mass is 405 g/mol. The zero-order valence-electron chi connectivity index (χ0n) is 16.0. The Morgan fingerprint density at radius 2 is 1.73 bits per heavy atom. The Hall–Kier alpha value is -4.07. The number of nitro benzene ring substituents is 1. The Kier molecular flexibility index (Phi) is 5.47. The predicted octanol–water partition coefficient (Wildman–Crippen LogP) is 4.23. The second-order valence-electron chi connectivity index (χ2n) is 6.64. The third-order valence-electron chi connectivity index (χ3n) is 4.58. The first-order valence-corrected chi connectivity index (χ1v) is 9.37. The first-order valence-electron chi connectivity index (χ1n) is 9.37. The van der Waals surface area contributed by atoms with E-state index in [4.69, 9.17) is 9.47 Å². The molecule has 1 aliphatic rings. The maximum atomic E-state index is 12.9. The Morgan fingerprint density at radius 3 is 2.50 bits per heavy atom. The molecule has 0 radical (unpaired) electrons. The second-order valence-corrected chi connectivity index (χ2v) is 6.64. The van der Waals surface area contributed by atoms with Crippen LogP contribution in [0.15, 0.2) is 66.7 Å². The van der Waals surface area contributed by atoms with E-state index in [1.54, 1.807) is 24.3 Å². The molecular weight excluding hydrogens is 386 g/mol. The van der Waals surface area contributed by atoms with Gasteiger partial charge in [0.1, 0.15) is 13.2 Å². The van der Waals surface area contributed by atoms with Crippen molar-refractivity contribution in [3.63, 3.8) is 0 Å². The van der Waals surface area contributed by atoms with E-state index in [2.05, 4.69) is 10.6 Å². The molecule has 0 aromatic heterocycles. The molecule has 1 amide bonds. The lowest BCUT2D eigenvalue weighted by atomic mass is 10.1. The third-order valence-corrected chi connectivity index (χ3v) is 4.58. The molecule has 0 bridgehead atoms. The van der Waals surface area contributed by atoms with Crippen molar-refractivity contribution in [2.75, 3.05) is 23.8 Å². The fourth-order valence-electron chi connectivity index (χ4n) is 3.10. The molecule has 8 nitrogen and oxygen atoms in total. The normalized spacial score (nSPS) is 12.1. The van der Waals surface area contributed by atoms with E-state index in [9.17, 15) is 14.9 Å². The highest BCUT2D eigenvalue weighted by molar-refractivity contribution is 6.08. The number of nitrogens with zero attached hydrogens (tertiary/aromatic N) is 1. The molecule has 4 rings (SSSR count). The van der Waals surface area contributed by atoms with Gasteiger partial charge in [-0.3, -0.25) is 14.9 Å². The van der Waals surface area contributed by atoms with E-state index in [1.807, 2.05) is 30.3 Å². The Bertz CT molecular complexity index is 1090. The first-order chi connectivity index (χ1) is 14.6. The van der Waals surface area contributed by atoms with Gasteiger partial charge in [-0.2, -0.15) is 0 Å². The summed E-state index contributed by atoms with van der Waals surface area (Å²) >= 11 is 0. The average molecular weight is 405 g/mol. The lowest BCUT2D eigenvalue weighted by Gasteiger charge is -2.19. The van der Waals surface area contributed by atoms with Crippen molar-refractivity contribution in [1.82, 2.24) is 0 Å². The number of fused-ring (bicyclic) bond motifs is 1. The number of hydrogen-bond donors (Lipinski definition) is 2. The molecule has 1 heterocycles. The number of non-ortho nitro benzene ring substituents is 1. The van der Waals surface area contributed by atoms with Gasteiger partial charge in [0.2, 0.25) is 0 Å². The molecule has 0 unspecified atom stereocenters. The Morgan fingerprint density at radius 1 is 0.967 bits per heavy atom. The second kappa shape index (κ2) is 8.52. The minimum Gasteiger partial charge on any atom is -0.486 e. The molecule has 152 valence electrons. The highest BCUT2D eigenvalue weighted by atomic mass is 16.6. The number of benzene rings is 3. The van der Waals surface area contributed by atoms with E-state index in [0.717, 1.165) is 5.56 Å². The van der Waals surface area contributed by atoms with Crippen molar-refractivity contribution in [2.24, 2.45) is 0 Å². The quantitative estimate of drug-likeness (QED) is 0.470. The molecule has 30 heavy (non-hydrogen) atoms. The third kappa shape index (κ3) is 4.33. The zero-order chi connectivity index (χ0) is 20.9. The van der Waals surface area contributed by atoms with Crippen LogP contribution in [0, 0.1) is 10.1 Å². The molecule has 2 N–H and O–H groups in total. The molecular formula is C22H19N3O5. The number of anilines is 2. The minimum atomic E-state index is -0.526. The molecule has 3 aromatic carbocycles. The van der Waals surface area contributed by atoms with Gasteiger partial charge in [0.05, 0.1) is 10.5 Å². The zero-order valence-corrected chi connectivity index (χ0v) is 16.0. The number of amides is 1. The maximum Gasteiger partial charge on any atom is 0.270 e. The summed E-state index contributed by atoms with van der Waals surface area (Å²) in [5, 5.41) is 17.2. The smallest absolute Gasteiger partial charge is 0.270 e. The van der Waals surface area contributed by atoms with Crippen molar-refractivity contribution in [2.45, 2.75) is 6.54 Å². The van der Waals surface area contributed by atoms with Crippen LogP contribution < -0.4 is 20.1 Å². The molecule has 0 atom stereocenters. The van der Waals surface area contributed by atoms with Crippen molar-refractivity contribution in [3.8, 4) is 11.5 Å². The van der Waals surface area contributed by atoms with Crippen LogP contribution in [-0.2, 0) is 6.54 Å². The van der Waals surface area contributed by atoms with Crippen LogP contribution in [-0.4, -0.2) is 24.0 Å². The van der Waals surface area contributed by atoms with Crippen molar-refractivity contribution >= 4 is 23.0 Å². The molecule has 0 saturated carbocycles. The fraction of sp³-hybridized carbons (Fsp3) is 0.136. The number of nitrogens with one attached hydrogen (secondary N) is 2. The van der Waals surface area contributed by atoms with Crippen LogP contribution in [0.25, 0.3) is 0 Å². The van der Waals surface area contributed by atoms with E-state index in [1.165, 1.54) is 12.1 Å². The van der Waals surface area contributed by atoms with Gasteiger partial charge < -0.3 is 20.1 Å². The largest absolute Gasteiger partial charge is 0.486 e. The van der Waals surface area contributed by atoms with E-state index in [0.29, 0.717) is 42.6 Å². The summed E-state index contributed by atoms with van der Waals surface area (Å²) in [6, 6.07) is 18.9. The van der Waals surface area contributed by atoms with Crippen LogP contribution in [0.2, 0.25) is 0 Å². The summed E-state index contributed by atoms with van der Waals surface area (Å²) in [7, 11) is 0. The van der Waals surface area contributed by atoms with Crippen LogP contribution in [0.4, 0.5) is 17.1 Å². The minimum absolute atomic E-state index is 0.160. The standard InChI is InChI=1S/C22H19N3O5/c26-22(24-16-6-9-20-21(12-16)30-11-10-29-20)18-13-17(25(27)28)7-8-19(18)23-14-15-4-2-1-3-5-15/h1-9,12-13,23H,10-11,14H2,(H,24,26). The molecule has 3 aromatic rings. The number of carbonyl (C=O) groups is 1. The molecule has 8 heteroatoms. The number of nitro groups is 1. The first kappa shape index (κ1) is 19.3. The predicted molar refractivity (Wildman–Crippen MR) is 112 cm³/mol. The van der Waals surface area contributed by atoms with Crippen LogP contribution in [0.5, 0.6) is 11.5 Å². The highest BCUT2D eigenvalue weighted by Gasteiger charge is 2.18. The molecule has 1 aliphatic heterocycles. The van der Waals surface area contributed by atoms with Crippen LogP contribution in [0.3, 0.4) is 0 Å². The summed E-state index contributed by atoms with van der Waals surface area (Å²) in [5.74, 6) is 0.686. The number of rotatable bonds is 6. The number of ether oxygens (including phenoxy) is 2. The highest BCUT2D eigenvalue weighted by Crippen LogP contribution is 2.33. The van der Waals surface area contributed by atoms with Gasteiger partial charge in [-0.25, -0.2) is 0 Å². The van der Waals surface area contributed by atoms with Crippen molar-refractivity contribution < 1.29 is 19.2 Å².